The van der Waals surface area contributed by atoms with Gasteiger partial charge in [0.25, 0.3) is 0 Å². The van der Waals surface area contributed by atoms with Crippen LogP contribution in [-0.4, -0.2) is 32.7 Å². The number of carbonyl (C=O) groups is 2. The molecule has 0 atom stereocenters. The van der Waals surface area contributed by atoms with E-state index in [9.17, 15) is 19.8 Å². The molecule has 0 aromatic heterocycles. The average Bonchev–Trinajstić information content (AvgIpc) is 2.36. The summed E-state index contributed by atoms with van der Waals surface area (Å²) in [5.41, 5.74) is -0.0152. The summed E-state index contributed by atoms with van der Waals surface area (Å²) < 4.78 is 0. The minimum atomic E-state index is -1.40. The molecule has 20 heavy (non-hydrogen) atoms. The van der Waals surface area contributed by atoms with E-state index in [1.54, 1.807) is 0 Å². The van der Waals surface area contributed by atoms with Crippen molar-refractivity contribution in [1.29, 1.82) is 0 Å². The minimum Gasteiger partial charge on any atom is -0.478 e. The highest BCUT2D eigenvalue weighted by molar-refractivity contribution is 6.04. The van der Waals surface area contributed by atoms with E-state index >= 15 is 0 Å². The van der Waals surface area contributed by atoms with Crippen molar-refractivity contribution < 1.29 is 40.1 Å². The third-order valence-electron chi connectivity index (χ3n) is 3.12. The van der Waals surface area contributed by atoms with Gasteiger partial charge in [0.15, 0.2) is 0 Å². The second-order valence-electron chi connectivity index (χ2n) is 4.11. The lowest BCUT2D eigenvalue weighted by Gasteiger charge is -2.18. The number of rotatable bonds is 6. The number of hydrogen-bond donors (Lipinski definition) is 4. The summed E-state index contributed by atoms with van der Waals surface area (Å²) in [5.74, 6) is -2.81. The summed E-state index contributed by atoms with van der Waals surface area (Å²) >= 11 is 0. The Labute approximate surface area is 113 Å². The van der Waals surface area contributed by atoms with Crippen molar-refractivity contribution in [3.05, 3.63) is 33.4 Å². The first-order chi connectivity index (χ1) is 9.36. The molecule has 0 spiro atoms. The Hall–Kier alpha value is -2.00. The zero-order chi connectivity index (χ0) is 15.4. The summed E-state index contributed by atoms with van der Waals surface area (Å²) in [7, 11) is 0. The molecule has 1 aromatic carbocycles. The van der Waals surface area contributed by atoms with Gasteiger partial charge in [-0.15, -0.1) is 0 Å². The number of carboxylic acids is 2. The van der Waals surface area contributed by atoms with Gasteiger partial charge in [-0.2, -0.15) is 0 Å². The second kappa shape index (κ2) is 6.44. The lowest BCUT2D eigenvalue weighted by molar-refractivity contribution is -0.258. The standard InChI is InChI=1S/C12H14O8/c1-5-7(3-19-17)8(4-20-18)6(2)10(12(15)16)9(5)11(13)14/h17-18H,3-4H2,1-2H3,(H,13,14)(H,15,16). The molecule has 0 unspecified atom stereocenters. The highest BCUT2D eigenvalue weighted by Crippen LogP contribution is 2.29. The molecule has 0 fully saturated rings. The number of aromatic carboxylic acids is 2. The van der Waals surface area contributed by atoms with Crippen LogP contribution in [0.3, 0.4) is 0 Å². The lowest BCUT2D eigenvalue weighted by Crippen LogP contribution is -2.18. The largest absolute Gasteiger partial charge is 0.478 e. The molecular weight excluding hydrogens is 272 g/mol. The predicted molar refractivity (Wildman–Crippen MR) is 64.7 cm³/mol. The van der Waals surface area contributed by atoms with Gasteiger partial charge < -0.3 is 10.2 Å². The smallest absolute Gasteiger partial charge is 0.336 e. The minimum absolute atomic E-state index is 0.126. The molecule has 0 bridgehead atoms. The second-order valence-corrected chi connectivity index (χ2v) is 4.11. The van der Waals surface area contributed by atoms with Crippen molar-refractivity contribution in [2.24, 2.45) is 0 Å². The van der Waals surface area contributed by atoms with Crippen molar-refractivity contribution >= 4 is 11.9 Å². The summed E-state index contributed by atoms with van der Waals surface area (Å²) in [5, 5.41) is 35.5. The summed E-state index contributed by atoms with van der Waals surface area (Å²) in [4.78, 5) is 30.6. The third-order valence-corrected chi connectivity index (χ3v) is 3.12. The van der Waals surface area contributed by atoms with Crippen molar-refractivity contribution in [1.82, 2.24) is 0 Å². The fourth-order valence-electron chi connectivity index (χ4n) is 2.18. The van der Waals surface area contributed by atoms with Crippen LogP contribution in [0.2, 0.25) is 0 Å². The van der Waals surface area contributed by atoms with Gasteiger partial charge in [0.1, 0.15) is 13.2 Å². The van der Waals surface area contributed by atoms with Gasteiger partial charge in [-0.05, 0) is 36.1 Å². The lowest BCUT2D eigenvalue weighted by atomic mass is 9.88. The Bertz CT molecular complexity index is 500. The molecular formula is C12H14O8. The van der Waals surface area contributed by atoms with Crippen LogP contribution < -0.4 is 0 Å². The maximum absolute atomic E-state index is 11.3. The number of carboxylic acid groups (broad SMARTS) is 2. The molecule has 8 heteroatoms. The van der Waals surface area contributed by atoms with E-state index in [0.717, 1.165) is 0 Å². The van der Waals surface area contributed by atoms with E-state index in [0.29, 0.717) is 0 Å². The van der Waals surface area contributed by atoms with Crippen LogP contribution in [0.5, 0.6) is 0 Å². The van der Waals surface area contributed by atoms with Gasteiger partial charge in [-0.1, -0.05) is 0 Å². The first-order valence-electron chi connectivity index (χ1n) is 5.51. The summed E-state index contributed by atoms with van der Waals surface area (Å²) in [6.07, 6.45) is 0. The van der Waals surface area contributed by atoms with Gasteiger partial charge in [0, 0.05) is 0 Å². The molecule has 0 saturated heterocycles. The van der Waals surface area contributed by atoms with Crippen LogP contribution in [0, 0.1) is 13.8 Å². The van der Waals surface area contributed by atoms with E-state index < -0.39 is 11.9 Å². The van der Waals surface area contributed by atoms with Gasteiger partial charge in [0.05, 0.1) is 11.1 Å². The zero-order valence-corrected chi connectivity index (χ0v) is 10.8. The first kappa shape index (κ1) is 16.1. The molecule has 0 aliphatic heterocycles. The molecule has 8 nitrogen and oxygen atoms in total. The molecule has 1 aromatic rings. The topological polar surface area (TPSA) is 134 Å². The van der Waals surface area contributed by atoms with E-state index in [1.807, 2.05) is 0 Å². The van der Waals surface area contributed by atoms with Gasteiger partial charge >= 0.3 is 11.9 Å². The van der Waals surface area contributed by atoms with Gasteiger partial charge in [0.2, 0.25) is 0 Å². The van der Waals surface area contributed by atoms with Crippen molar-refractivity contribution in [2.45, 2.75) is 27.1 Å². The maximum atomic E-state index is 11.3. The molecule has 0 heterocycles. The first-order valence-corrected chi connectivity index (χ1v) is 5.51. The molecule has 0 aliphatic carbocycles. The summed E-state index contributed by atoms with van der Waals surface area (Å²) in [6.45, 7) is 2.08. The Morgan fingerprint density at radius 1 is 0.850 bits per heavy atom. The van der Waals surface area contributed by atoms with Gasteiger partial charge in [-0.25, -0.2) is 19.4 Å². The fourth-order valence-corrected chi connectivity index (χ4v) is 2.18. The monoisotopic (exact) mass is 286 g/mol. The van der Waals surface area contributed by atoms with Crippen LogP contribution >= 0.6 is 0 Å². The summed E-state index contributed by atoms with van der Waals surface area (Å²) in [6, 6.07) is 0. The maximum Gasteiger partial charge on any atom is 0.336 e. The Morgan fingerprint density at radius 2 is 1.15 bits per heavy atom. The fraction of sp³-hybridized carbons (Fsp3) is 0.333. The van der Waals surface area contributed by atoms with E-state index in [2.05, 4.69) is 9.78 Å². The molecule has 0 saturated carbocycles. The molecule has 0 radical (unpaired) electrons. The van der Waals surface area contributed by atoms with Crippen molar-refractivity contribution in [3.8, 4) is 0 Å². The SMILES string of the molecule is Cc1c(COO)c(COO)c(C)c(C(=O)O)c1C(=O)O. The van der Waals surface area contributed by atoms with Crippen molar-refractivity contribution in [2.75, 3.05) is 0 Å². The van der Waals surface area contributed by atoms with Gasteiger partial charge in [-0.3, -0.25) is 10.5 Å². The quantitative estimate of drug-likeness (QED) is 0.458. The third kappa shape index (κ3) is 2.78. The highest BCUT2D eigenvalue weighted by atomic mass is 17.1. The van der Waals surface area contributed by atoms with Crippen LogP contribution in [0.15, 0.2) is 0 Å². The van der Waals surface area contributed by atoms with Crippen LogP contribution in [0.4, 0.5) is 0 Å². The van der Waals surface area contributed by atoms with E-state index in [1.165, 1.54) is 13.8 Å². The predicted octanol–water partition coefficient (Wildman–Crippen LogP) is 1.68. The van der Waals surface area contributed by atoms with Crippen LogP contribution in [0.1, 0.15) is 43.0 Å². The zero-order valence-electron chi connectivity index (χ0n) is 10.8. The number of hydrogen-bond acceptors (Lipinski definition) is 6. The Kier molecular flexibility index (Phi) is 5.17. The molecule has 0 amide bonds. The Balaban J connectivity index is 3.78. The molecule has 110 valence electrons. The number of benzene rings is 1. The van der Waals surface area contributed by atoms with Crippen molar-refractivity contribution in [3.63, 3.8) is 0 Å². The van der Waals surface area contributed by atoms with Crippen LogP contribution in [-0.2, 0) is 23.0 Å². The highest BCUT2D eigenvalue weighted by Gasteiger charge is 2.27. The van der Waals surface area contributed by atoms with Crippen LogP contribution in [0.25, 0.3) is 0 Å². The van der Waals surface area contributed by atoms with E-state index in [4.69, 9.17) is 10.5 Å². The average molecular weight is 286 g/mol. The molecule has 0 aliphatic rings. The molecule has 4 N–H and O–H groups in total. The molecule has 1 rings (SSSR count). The Morgan fingerprint density at radius 3 is 1.35 bits per heavy atom. The normalized spacial score (nSPS) is 10.6. The van der Waals surface area contributed by atoms with E-state index in [-0.39, 0.29) is 46.6 Å².